The molecule has 6 heteroatoms. The molecule has 0 unspecified atom stereocenters. The van der Waals surface area contributed by atoms with Gasteiger partial charge in [0, 0.05) is 0 Å². The van der Waals surface area contributed by atoms with E-state index in [-0.39, 0.29) is 5.56 Å². The van der Waals surface area contributed by atoms with E-state index in [0.29, 0.717) is 16.3 Å². The summed E-state index contributed by atoms with van der Waals surface area (Å²) < 4.78 is 19.1. The number of nitrogens with one attached hydrogen (secondary N) is 1. The van der Waals surface area contributed by atoms with Crippen molar-refractivity contribution in [3.8, 4) is 0 Å². The van der Waals surface area contributed by atoms with Crippen molar-refractivity contribution in [3.63, 3.8) is 0 Å². The minimum Gasteiger partial charge on any atom is -0.468 e. The molecular formula is C13H8FNO3S. The topological polar surface area (TPSA) is 59.3 Å². The first-order valence-corrected chi connectivity index (χ1v) is 6.29. The maximum atomic E-state index is 13.9. The van der Waals surface area contributed by atoms with Gasteiger partial charge in [0.15, 0.2) is 0 Å². The van der Waals surface area contributed by atoms with Crippen LogP contribution in [0.15, 0.2) is 38.7 Å². The number of carbonyl (C=O) groups is 2. The Kier molecular flexibility index (Phi) is 2.67. The number of hydrogen-bond donors (Lipinski definition) is 1. The SMILES string of the molecule is Cc1occc1Sc1cc2c(cc1F)C(=O)C(=O)N2. The Labute approximate surface area is 112 Å². The normalized spacial score (nSPS) is 13.6. The van der Waals surface area contributed by atoms with E-state index in [4.69, 9.17) is 4.42 Å². The molecule has 0 radical (unpaired) electrons. The largest absolute Gasteiger partial charge is 0.468 e. The zero-order valence-electron chi connectivity index (χ0n) is 9.82. The van der Waals surface area contributed by atoms with Crippen LogP contribution in [0, 0.1) is 12.7 Å². The molecule has 0 bridgehead atoms. The van der Waals surface area contributed by atoms with Gasteiger partial charge in [0.05, 0.1) is 27.3 Å². The van der Waals surface area contributed by atoms with Crippen molar-refractivity contribution < 1.29 is 18.4 Å². The van der Waals surface area contributed by atoms with Crippen LogP contribution < -0.4 is 5.32 Å². The Balaban J connectivity index is 2.01. The third-order valence-corrected chi connectivity index (χ3v) is 3.98. The highest BCUT2D eigenvalue weighted by molar-refractivity contribution is 7.99. The van der Waals surface area contributed by atoms with Crippen LogP contribution in [0.4, 0.5) is 10.1 Å². The van der Waals surface area contributed by atoms with E-state index in [0.717, 1.165) is 11.0 Å². The summed E-state index contributed by atoms with van der Waals surface area (Å²) in [4.78, 5) is 23.8. The van der Waals surface area contributed by atoms with E-state index in [1.165, 1.54) is 24.1 Å². The molecule has 4 nitrogen and oxygen atoms in total. The summed E-state index contributed by atoms with van der Waals surface area (Å²) >= 11 is 1.18. The molecule has 0 saturated carbocycles. The van der Waals surface area contributed by atoms with Crippen molar-refractivity contribution in [2.75, 3.05) is 5.32 Å². The van der Waals surface area contributed by atoms with Gasteiger partial charge in [-0.2, -0.15) is 0 Å². The third-order valence-electron chi connectivity index (χ3n) is 2.80. The number of rotatable bonds is 2. The molecule has 1 N–H and O–H groups in total. The fraction of sp³-hybridized carbons (Fsp3) is 0.0769. The van der Waals surface area contributed by atoms with Crippen LogP contribution in [0.25, 0.3) is 0 Å². The van der Waals surface area contributed by atoms with Gasteiger partial charge < -0.3 is 9.73 Å². The average Bonchev–Trinajstić information content (AvgIpc) is 2.88. The fourth-order valence-electron chi connectivity index (χ4n) is 1.82. The van der Waals surface area contributed by atoms with Crippen molar-refractivity contribution in [1.82, 2.24) is 0 Å². The number of anilines is 1. The predicted molar refractivity (Wildman–Crippen MR) is 66.9 cm³/mol. The van der Waals surface area contributed by atoms with Crippen LogP contribution in [0.3, 0.4) is 0 Å². The Bertz CT molecular complexity index is 708. The van der Waals surface area contributed by atoms with Crippen LogP contribution >= 0.6 is 11.8 Å². The highest BCUT2D eigenvalue weighted by Crippen LogP contribution is 2.36. The van der Waals surface area contributed by atoms with Gasteiger partial charge in [-0.3, -0.25) is 9.59 Å². The minimum atomic E-state index is -0.726. The number of ketones is 1. The number of Topliss-reactive ketones (excluding diaryl/α,β-unsaturated/α-hetero) is 1. The van der Waals surface area contributed by atoms with Crippen molar-refractivity contribution in [2.45, 2.75) is 16.7 Å². The van der Waals surface area contributed by atoms with Crippen molar-refractivity contribution >= 4 is 29.1 Å². The van der Waals surface area contributed by atoms with Gasteiger partial charge >= 0.3 is 0 Å². The van der Waals surface area contributed by atoms with Crippen LogP contribution in [0.2, 0.25) is 0 Å². The summed E-state index contributed by atoms with van der Waals surface area (Å²) in [6, 6.07) is 4.29. The number of furan rings is 1. The summed E-state index contributed by atoms with van der Waals surface area (Å²) in [6.07, 6.45) is 1.52. The third kappa shape index (κ3) is 1.94. The van der Waals surface area contributed by atoms with Crippen LogP contribution in [-0.2, 0) is 4.79 Å². The smallest absolute Gasteiger partial charge is 0.296 e. The van der Waals surface area contributed by atoms with Gasteiger partial charge in [-0.15, -0.1) is 0 Å². The van der Waals surface area contributed by atoms with Crippen LogP contribution in [0.5, 0.6) is 0 Å². The second-order valence-corrected chi connectivity index (χ2v) is 5.14. The average molecular weight is 277 g/mol. The number of halogens is 1. The van der Waals surface area contributed by atoms with E-state index in [9.17, 15) is 14.0 Å². The van der Waals surface area contributed by atoms with E-state index in [1.807, 2.05) is 0 Å². The molecule has 0 atom stereocenters. The Morgan fingerprint density at radius 1 is 1.26 bits per heavy atom. The molecule has 3 rings (SSSR count). The monoisotopic (exact) mass is 277 g/mol. The summed E-state index contributed by atoms with van der Waals surface area (Å²) in [5.41, 5.74) is 0.427. The predicted octanol–water partition coefficient (Wildman–Crippen LogP) is 3.01. The molecule has 1 aromatic carbocycles. The molecule has 1 amide bonds. The zero-order chi connectivity index (χ0) is 13.6. The lowest BCUT2D eigenvalue weighted by atomic mass is 10.1. The van der Waals surface area contributed by atoms with Crippen molar-refractivity contribution in [2.24, 2.45) is 0 Å². The number of amides is 1. The van der Waals surface area contributed by atoms with Gasteiger partial charge in [0.1, 0.15) is 11.6 Å². The minimum absolute atomic E-state index is 0.0794. The van der Waals surface area contributed by atoms with Gasteiger partial charge in [-0.25, -0.2) is 4.39 Å². The second-order valence-electron chi connectivity index (χ2n) is 4.05. The lowest BCUT2D eigenvalue weighted by molar-refractivity contribution is -0.112. The first-order chi connectivity index (χ1) is 9.06. The zero-order valence-corrected chi connectivity index (χ0v) is 10.6. The first-order valence-electron chi connectivity index (χ1n) is 5.47. The van der Waals surface area contributed by atoms with E-state index < -0.39 is 17.5 Å². The Morgan fingerprint density at radius 2 is 2.05 bits per heavy atom. The van der Waals surface area contributed by atoms with Gasteiger partial charge in [0.25, 0.3) is 11.7 Å². The molecular weight excluding hydrogens is 269 g/mol. The quantitative estimate of drug-likeness (QED) is 0.857. The fourth-order valence-corrected chi connectivity index (χ4v) is 2.71. The summed E-state index contributed by atoms with van der Waals surface area (Å²) in [5.74, 6) is -1.28. The second kappa shape index (κ2) is 4.24. The molecule has 1 aliphatic rings. The summed E-state index contributed by atoms with van der Waals surface area (Å²) in [7, 11) is 0. The van der Waals surface area contributed by atoms with Crippen molar-refractivity contribution in [1.29, 1.82) is 0 Å². The molecule has 2 heterocycles. The molecule has 0 aliphatic carbocycles. The van der Waals surface area contributed by atoms with Crippen molar-refractivity contribution in [3.05, 3.63) is 41.6 Å². The Hall–Kier alpha value is -2.08. The lowest BCUT2D eigenvalue weighted by Gasteiger charge is -2.04. The highest BCUT2D eigenvalue weighted by Gasteiger charge is 2.29. The van der Waals surface area contributed by atoms with E-state index in [1.54, 1.807) is 13.0 Å². The van der Waals surface area contributed by atoms with Gasteiger partial charge in [-0.05, 0) is 25.1 Å². The number of hydrogen-bond acceptors (Lipinski definition) is 4. The highest BCUT2D eigenvalue weighted by atomic mass is 32.2. The number of aryl methyl sites for hydroxylation is 1. The lowest BCUT2D eigenvalue weighted by Crippen LogP contribution is -2.12. The Morgan fingerprint density at radius 3 is 2.74 bits per heavy atom. The molecule has 1 aromatic heterocycles. The molecule has 0 saturated heterocycles. The van der Waals surface area contributed by atoms with Crippen LogP contribution in [0.1, 0.15) is 16.1 Å². The molecule has 96 valence electrons. The maximum absolute atomic E-state index is 13.9. The molecule has 19 heavy (non-hydrogen) atoms. The van der Waals surface area contributed by atoms with Gasteiger partial charge in [-0.1, -0.05) is 11.8 Å². The summed E-state index contributed by atoms with van der Waals surface area (Å²) in [5, 5.41) is 2.42. The van der Waals surface area contributed by atoms with Crippen LogP contribution in [-0.4, -0.2) is 11.7 Å². The molecule has 0 fully saturated rings. The summed E-state index contributed by atoms with van der Waals surface area (Å²) in [6.45, 7) is 1.78. The van der Waals surface area contributed by atoms with E-state index in [2.05, 4.69) is 5.32 Å². The molecule has 2 aromatic rings. The van der Waals surface area contributed by atoms with E-state index >= 15 is 0 Å². The van der Waals surface area contributed by atoms with Gasteiger partial charge in [0.2, 0.25) is 0 Å². The molecule has 0 spiro atoms. The first kappa shape index (κ1) is 12.0. The standard InChI is InChI=1S/C13H8FNO3S/c1-6-10(2-3-18-6)19-11-5-9-7(4-8(11)14)12(16)13(17)15-9/h2-5H,1H3,(H,15,16,17). The molecule has 1 aliphatic heterocycles. The number of benzene rings is 1. The number of fused-ring (bicyclic) bond motifs is 1. The maximum Gasteiger partial charge on any atom is 0.296 e. The number of carbonyl (C=O) groups excluding carboxylic acids is 2.